The summed E-state index contributed by atoms with van der Waals surface area (Å²) in [4.78, 5) is 15.9. The standard InChI is InChI=1S/C17H18ClN3O2.ClH/c18-16-6-5-14(10-20-16)17(22)21-9-12-1-3-13(4-2-12)15-11-19-7-8-23-15;/h1-6,10,15,19H,7-9,11H2,(H,21,22);1H. The summed E-state index contributed by atoms with van der Waals surface area (Å²) in [6.45, 7) is 2.93. The Labute approximate surface area is 152 Å². The van der Waals surface area contributed by atoms with Crippen LogP contribution in [0.4, 0.5) is 0 Å². The van der Waals surface area contributed by atoms with Crippen molar-refractivity contribution in [3.05, 3.63) is 64.4 Å². The number of rotatable bonds is 4. The summed E-state index contributed by atoms with van der Waals surface area (Å²) < 4.78 is 5.72. The minimum Gasteiger partial charge on any atom is -0.371 e. The molecule has 5 nitrogen and oxygen atoms in total. The van der Waals surface area contributed by atoms with E-state index < -0.39 is 0 Å². The van der Waals surface area contributed by atoms with Gasteiger partial charge in [0.2, 0.25) is 0 Å². The Balaban J connectivity index is 0.00000208. The number of aromatic nitrogens is 1. The van der Waals surface area contributed by atoms with E-state index in [1.807, 2.05) is 24.3 Å². The summed E-state index contributed by atoms with van der Waals surface area (Å²) in [5, 5.41) is 6.55. The first-order valence-electron chi connectivity index (χ1n) is 7.53. The lowest BCUT2D eigenvalue weighted by atomic mass is 10.1. The fourth-order valence-electron chi connectivity index (χ4n) is 2.42. The number of benzene rings is 1. The highest BCUT2D eigenvalue weighted by Crippen LogP contribution is 2.19. The molecular weight excluding hydrogens is 349 g/mol. The third-order valence-electron chi connectivity index (χ3n) is 3.72. The van der Waals surface area contributed by atoms with Crippen LogP contribution >= 0.6 is 24.0 Å². The third-order valence-corrected chi connectivity index (χ3v) is 3.95. The molecule has 24 heavy (non-hydrogen) atoms. The first kappa shape index (κ1) is 18.7. The number of ether oxygens (including phenoxy) is 1. The average Bonchev–Trinajstić information content (AvgIpc) is 2.61. The molecule has 0 aliphatic carbocycles. The zero-order valence-corrected chi connectivity index (χ0v) is 14.6. The molecule has 128 valence electrons. The quantitative estimate of drug-likeness (QED) is 0.815. The van der Waals surface area contributed by atoms with Crippen LogP contribution in [0.2, 0.25) is 5.15 Å². The first-order valence-corrected chi connectivity index (χ1v) is 7.91. The highest BCUT2D eigenvalue weighted by Gasteiger charge is 2.15. The zero-order chi connectivity index (χ0) is 16.1. The van der Waals surface area contributed by atoms with Crippen molar-refractivity contribution in [3.8, 4) is 0 Å². The molecule has 3 rings (SSSR count). The normalized spacial score (nSPS) is 17.0. The second kappa shape index (κ2) is 8.99. The van der Waals surface area contributed by atoms with Crippen molar-refractivity contribution >= 4 is 29.9 Å². The largest absolute Gasteiger partial charge is 0.371 e. The monoisotopic (exact) mass is 367 g/mol. The summed E-state index contributed by atoms with van der Waals surface area (Å²) in [6, 6.07) is 11.4. The van der Waals surface area contributed by atoms with Crippen molar-refractivity contribution in [2.75, 3.05) is 19.7 Å². The van der Waals surface area contributed by atoms with Crippen molar-refractivity contribution in [1.82, 2.24) is 15.6 Å². The van der Waals surface area contributed by atoms with Crippen LogP contribution in [-0.4, -0.2) is 30.6 Å². The molecule has 1 aromatic heterocycles. The van der Waals surface area contributed by atoms with Crippen molar-refractivity contribution in [2.45, 2.75) is 12.6 Å². The van der Waals surface area contributed by atoms with Crippen LogP contribution in [-0.2, 0) is 11.3 Å². The number of amides is 1. The van der Waals surface area contributed by atoms with E-state index in [2.05, 4.69) is 15.6 Å². The maximum Gasteiger partial charge on any atom is 0.253 e. The average molecular weight is 368 g/mol. The lowest BCUT2D eigenvalue weighted by molar-refractivity contribution is 0.0277. The number of halogens is 2. The van der Waals surface area contributed by atoms with Crippen LogP contribution in [0.5, 0.6) is 0 Å². The Morgan fingerprint density at radius 2 is 2.08 bits per heavy atom. The van der Waals surface area contributed by atoms with Crippen LogP contribution in [0.25, 0.3) is 0 Å². The molecule has 1 saturated heterocycles. The Morgan fingerprint density at radius 3 is 2.71 bits per heavy atom. The van der Waals surface area contributed by atoms with Gasteiger partial charge in [0.05, 0.1) is 18.3 Å². The van der Waals surface area contributed by atoms with Gasteiger partial charge >= 0.3 is 0 Å². The molecule has 1 aliphatic rings. The minimum atomic E-state index is -0.168. The molecule has 0 spiro atoms. The van der Waals surface area contributed by atoms with Gasteiger partial charge in [-0.05, 0) is 23.3 Å². The van der Waals surface area contributed by atoms with Crippen molar-refractivity contribution in [1.29, 1.82) is 0 Å². The van der Waals surface area contributed by atoms with Gasteiger partial charge in [0.25, 0.3) is 5.91 Å². The van der Waals surface area contributed by atoms with E-state index in [0.29, 0.717) is 17.3 Å². The smallest absolute Gasteiger partial charge is 0.253 e. The van der Waals surface area contributed by atoms with Gasteiger partial charge in [0.1, 0.15) is 5.15 Å². The van der Waals surface area contributed by atoms with Gasteiger partial charge in [0, 0.05) is 25.8 Å². The third kappa shape index (κ3) is 4.92. The number of pyridine rings is 1. The number of hydrogen-bond acceptors (Lipinski definition) is 4. The van der Waals surface area contributed by atoms with E-state index in [4.69, 9.17) is 16.3 Å². The van der Waals surface area contributed by atoms with E-state index in [1.165, 1.54) is 6.20 Å². The summed E-state index contributed by atoms with van der Waals surface area (Å²) in [5.74, 6) is -0.168. The van der Waals surface area contributed by atoms with Gasteiger partial charge in [-0.25, -0.2) is 4.98 Å². The van der Waals surface area contributed by atoms with Crippen LogP contribution in [0.1, 0.15) is 27.6 Å². The number of nitrogens with one attached hydrogen (secondary N) is 2. The first-order chi connectivity index (χ1) is 11.2. The maximum atomic E-state index is 12.0. The molecule has 0 radical (unpaired) electrons. The highest BCUT2D eigenvalue weighted by atomic mass is 35.5. The molecule has 1 fully saturated rings. The fourth-order valence-corrected chi connectivity index (χ4v) is 2.54. The zero-order valence-electron chi connectivity index (χ0n) is 13.0. The molecule has 2 aromatic rings. The van der Waals surface area contributed by atoms with Crippen LogP contribution in [0.3, 0.4) is 0 Å². The number of morpholine rings is 1. The second-order valence-corrected chi connectivity index (χ2v) is 5.74. The fraction of sp³-hybridized carbons (Fsp3) is 0.294. The van der Waals surface area contributed by atoms with Crippen molar-refractivity contribution in [3.63, 3.8) is 0 Å². The van der Waals surface area contributed by atoms with Gasteiger partial charge in [-0.3, -0.25) is 4.79 Å². The molecule has 0 bridgehead atoms. The predicted molar refractivity (Wildman–Crippen MR) is 95.7 cm³/mol. The Hall–Kier alpha value is -1.66. The molecule has 2 N–H and O–H groups in total. The maximum absolute atomic E-state index is 12.0. The molecule has 1 aromatic carbocycles. The summed E-state index contributed by atoms with van der Waals surface area (Å²) in [6.07, 6.45) is 1.57. The highest BCUT2D eigenvalue weighted by molar-refractivity contribution is 6.29. The SMILES string of the molecule is Cl.O=C(NCc1ccc(C2CNCCO2)cc1)c1ccc(Cl)nc1. The van der Waals surface area contributed by atoms with Gasteiger partial charge < -0.3 is 15.4 Å². The Morgan fingerprint density at radius 1 is 1.29 bits per heavy atom. The minimum absolute atomic E-state index is 0. The molecule has 1 aliphatic heterocycles. The Bertz CT molecular complexity index is 657. The van der Waals surface area contributed by atoms with Gasteiger partial charge in [0.15, 0.2) is 0 Å². The van der Waals surface area contributed by atoms with E-state index in [1.54, 1.807) is 12.1 Å². The molecule has 1 unspecified atom stereocenters. The van der Waals surface area contributed by atoms with Crippen molar-refractivity contribution < 1.29 is 9.53 Å². The molecule has 0 saturated carbocycles. The molecule has 1 atom stereocenters. The van der Waals surface area contributed by atoms with Crippen LogP contribution < -0.4 is 10.6 Å². The van der Waals surface area contributed by atoms with E-state index >= 15 is 0 Å². The van der Waals surface area contributed by atoms with E-state index in [-0.39, 0.29) is 24.4 Å². The number of hydrogen-bond donors (Lipinski definition) is 2. The molecular formula is C17H19Cl2N3O2. The number of carbonyl (C=O) groups is 1. The lowest BCUT2D eigenvalue weighted by Crippen LogP contribution is -2.33. The summed E-state index contributed by atoms with van der Waals surface area (Å²) in [7, 11) is 0. The number of carbonyl (C=O) groups excluding carboxylic acids is 1. The summed E-state index contributed by atoms with van der Waals surface area (Å²) in [5.41, 5.74) is 2.68. The van der Waals surface area contributed by atoms with Crippen LogP contribution in [0.15, 0.2) is 42.6 Å². The number of nitrogens with zero attached hydrogens (tertiary/aromatic N) is 1. The lowest BCUT2D eigenvalue weighted by Gasteiger charge is -2.24. The summed E-state index contributed by atoms with van der Waals surface area (Å²) >= 11 is 5.71. The molecule has 2 heterocycles. The van der Waals surface area contributed by atoms with Gasteiger partial charge in [-0.1, -0.05) is 35.9 Å². The second-order valence-electron chi connectivity index (χ2n) is 5.36. The predicted octanol–water partition coefficient (Wildman–Crippen LogP) is 2.75. The van der Waals surface area contributed by atoms with Crippen molar-refractivity contribution in [2.24, 2.45) is 0 Å². The van der Waals surface area contributed by atoms with Crippen LogP contribution in [0, 0.1) is 0 Å². The van der Waals surface area contributed by atoms with Gasteiger partial charge in [-0.15, -0.1) is 12.4 Å². The van der Waals surface area contributed by atoms with E-state index in [9.17, 15) is 4.79 Å². The topological polar surface area (TPSA) is 63.2 Å². The Kier molecular flexibility index (Phi) is 6.99. The van der Waals surface area contributed by atoms with Gasteiger partial charge in [-0.2, -0.15) is 0 Å². The molecule has 1 amide bonds. The molecule has 7 heteroatoms. The van der Waals surface area contributed by atoms with E-state index in [0.717, 1.165) is 30.8 Å².